The molecule has 0 saturated carbocycles. The number of rotatable bonds is 2. The maximum atomic E-state index is 13.0. The third-order valence-corrected chi connectivity index (χ3v) is 1.69. The van der Waals surface area contributed by atoms with Gasteiger partial charge in [0.05, 0.1) is 13.3 Å². The molecule has 0 fully saturated rings. The fourth-order valence-electron chi connectivity index (χ4n) is 0.988. The van der Waals surface area contributed by atoms with Gasteiger partial charge in [-0.2, -0.15) is 0 Å². The van der Waals surface area contributed by atoms with Gasteiger partial charge in [0.1, 0.15) is 5.82 Å². The molecule has 14 heavy (non-hydrogen) atoms. The minimum absolute atomic E-state index is 0.155. The van der Waals surface area contributed by atoms with Crippen LogP contribution in [0, 0.1) is 5.82 Å². The average Bonchev–Trinajstić information content (AvgIpc) is 2.21. The number of nitrogens with zero attached hydrogens (tertiary/aromatic N) is 1. The molecular formula is C11H18FNO. The molecule has 0 amide bonds. The van der Waals surface area contributed by atoms with Crippen LogP contribution in [0.3, 0.4) is 0 Å². The van der Waals surface area contributed by atoms with Gasteiger partial charge in [-0.1, -0.05) is 27.7 Å². The highest BCUT2D eigenvalue weighted by Gasteiger charge is 2.08. The Balaban J connectivity index is 0.000000791. The number of ether oxygens (including phenoxy) is 1. The molecular weight excluding hydrogens is 181 g/mol. The fraction of sp³-hybridized carbons (Fsp3) is 0.545. The number of hydrogen-bond acceptors (Lipinski definition) is 2. The van der Waals surface area contributed by atoms with E-state index in [-0.39, 0.29) is 11.7 Å². The lowest BCUT2D eigenvalue weighted by Crippen LogP contribution is -1.96. The van der Waals surface area contributed by atoms with E-state index >= 15 is 0 Å². The lowest BCUT2D eigenvalue weighted by molar-refractivity contribution is 0.394. The van der Waals surface area contributed by atoms with Gasteiger partial charge >= 0.3 is 0 Å². The Morgan fingerprint density at radius 3 is 2.36 bits per heavy atom. The lowest BCUT2D eigenvalue weighted by atomic mass is 10.0. The normalized spacial score (nSPS) is 9.36. The minimum Gasteiger partial charge on any atom is -0.481 e. The average molecular weight is 199 g/mol. The van der Waals surface area contributed by atoms with Gasteiger partial charge in [0.25, 0.3) is 0 Å². The molecule has 1 heterocycles. The highest BCUT2D eigenvalue weighted by atomic mass is 19.1. The van der Waals surface area contributed by atoms with Gasteiger partial charge in [0.15, 0.2) is 0 Å². The van der Waals surface area contributed by atoms with Crippen molar-refractivity contribution >= 4 is 0 Å². The second-order valence-corrected chi connectivity index (χ2v) is 2.90. The van der Waals surface area contributed by atoms with Gasteiger partial charge in [0, 0.05) is 6.07 Å². The van der Waals surface area contributed by atoms with E-state index in [2.05, 4.69) is 4.98 Å². The predicted molar refractivity (Wildman–Crippen MR) is 56.2 cm³/mol. The Hall–Kier alpha value is -1.12. The maximum absolute atomic E-state index is 13.0. The molecule has 0 aliphatic heterocycles. The fourth-order valence-corrected chi connectivity index (χ4v) is 0.988. The van der Waals surface area contributed by atoms with Crippen LogP contribution in [0.1, 0.15) is 39.2 Å². The van der Waals surface area contributed by atoms with Gasteiger partial charge in [0.2, 0.25) is 5.88 Å². The Kier molecular flexibility index (Phi) is 5.84. The van der Waals surface area contributed by atoms with Crippen LogP contribution in [0.25, 0.3) is 0 Å². The summed E-state index contributed by atoms with van der Waals surface area (Å²) < 4.78 is 17.9. The highest BCUT2D eigenvalue weighted by Crippen LogP contribution is 2.20. The molecule has 0 aliphatic carbocycles. The summed E-state index contributed by atoms with van der Waals surface area (Å²) in [6.45, 7) is 7.86. The van der Waals surface area contributed by atoms with Gasteiger partial charge in [-0.3, -0.25) is 0 Å². The van der Waals surface area contributed by atoms with Crippen LogP contribution < -0.4 is 4.74 Å². The van der Waals surface area contributed by atoms with E-state index in [1.54, 1.807) is 6.07 Å². The van der Waals surface area contributed by atoms with Crippen LogP contribution in [-0.4, -0.2) is 12.1 Å². The van der Waals surface area contributed by atoms with Crippen LogP contribution in [0.4, 0.5) is 4.39 Å². The van der Waals surface area contributed by atoms with Gasteiger partial charge < -0.3 is 4.74 Å². The smallest absolute Gasteiger partial charge is 0.213 e. The Labute approximate surface area is 85.1 Å². The first kappa shape index (κ1) is 12.9. The summed E-state index contributed by atoms with van der Waals surface area (Å²) in [7, 11) is 1.52. The number of pyridine rings is 1. The molecule has 0 radical (unpaired) electrons. The molecule has 0 aromatic carbocycles. The molecule has 0 bridgehead atoms. The van der Waals surface area contributed by atoms with Crippen LogP contribution >= 0.6 is 0 Å². The molecule has 1 aromatic heterocycles. The molecule has 0 N–H and O–H groups in total. The summed E-state index contributed by atoms with van der Waals surface area (Å²) in [6, 6.07) is 1.62. The Bertz CT molecular complexity index is 274. The summed E-state index contributed by atoms with van der Waals surface area (Å²) in [5.41, 5.74) is 0.641. The number of halogens is 1. The summed E-state index contributed by atoms with van der Waals surface area (Å²) >= 11 is 0. The largest absolute Gasteiger partial charge is 0.481 e. The van der Waals surface area contributed by atoms with Crippen molar-refractivity contribution < 1.29 is 9.13 Å². The standard InChI is InChI=1S/C9H12FNO.C2H6/c1-6(2)7-4-9(12-3)11-5-8(7)10;1-2/h4-6H,1-3H3;1-2H3. The summed E-state index contributed by atoms with van der Waals surface area (Å²) in [5.74, 6) is 0.341. The van der Waals surface area contributed by atoms with Crippen LogP contribution in [0.15, 0.2) is 12.3 Å². The zero-order chi connectivity index (χ0) is 11.1. The number of aromatic nitrogens is 1. The summed E-state index contributed by atoms with van der Waals surface area (Å²) in [4.78, 5) is 3.74. The first-order valence-corrected chi connectivity index (χ1v) is 4.84. The highest BCUT2D eigenvalue weighted by molar-refractivity contribution is 5.24. The third kappa shape index (κ3) is 3.32. The SMILES string of the molecule is CC.COc1cc(C(C)C)c(F)cn1. The van der Waals surface area contributed by atoms with E-state index < -0.39 is 0 Å². The second-order valence-electron chi connectivity index (χ2n) is 2.90. The molecule has 0 atom stereocenters. The summed E-state index contributed by atoms with van der Waals surface area (Å²) in [5, 5.41) is 0. The van der Waals surface area contributed by atoms with Crippen LogP contribution in [-0.2, 0) is 0 Å². The molecule has 80 valence electrons. The van der Waals surface area contributed by atoms with Gasteiger partial charge in [-0.25, -0.2) is 9.37 Å². The van der Waals surface area contributed by atoms with E-state index in [4.69, 9.17) is 4.74 Å². The van der Waals surface area contributed by atoms with E-state index in [0.29, 0.717) is 11.4 Å². The molecule has 0 saturated heterocycles. The van der Waals surface area contributed by atoms with Crippen LogP contribution in [0.2, 0.25) is 0 Å². The molecule has 0 unspecified atom stereocenters. The van der Waals surface area contributed by atoms with E-state index in [1.165, 1.54) is 13.3 Å². The van der Waals surface area contributed by atoms with E-state index in [1.807, 2.05) is 27.7 Å². The van der Waals surface area contributed by atoms with Crippen LogP contribution in [0.5, 0.6) is 5.88 Å². The molecule has 2 nitrogen and oxygen atoms in total. The second kappa shape index (κ2) is 6.35. The van der Waals surface area contributed by atoms with Crippen molar-refractivity contribution in [2.75, 3.05) is 7.11 Å². The molecule has 1 rings (SSSR count). The monoisotopic (exact) mass is 199 g/mol. The minimum atomic E-state index is -0.272. The van der Waals surface area contributed by atoms with Gasteiger partial charge in [-0.05, 0) is 11.5 Å². The zero-order valence-corrected chi connectivity index (χ0v) is 9.47. The van der Waals surface area contributed by atoms with Crippen molar-refractivity contribution in [1.29, 1.82) is 0 Å². The Morgan fingerprint density at radius 2 is 1.93 bits per heavy atom. The van der Waals surface area contributed by atoms with E-state index in [9.17, 15) is 4.39 Å². The van der Waals surface area contributed by atoms with Crippen molar-refractivity contribution in [3.05, 3.63) is 23.6 Å². The topological polar surface area (TPSA) is 22.1 Å². The van der Waals surface area contributed by atoms with Crippen molar-refractivity contribution in [1.82, 2.24) is 4.98 Å². The van der Waals surface area contributed by atoms with Gasteiger partial charge in [-0.15, -0.1) is 0 Å². The first-order valence-electron chi connectivity index (χ1n) is 4.84. The predicted octanol–water partition coefficient (Wildman–Crippen LogP) is 3.38. The summed E-state index contributed by atoms with van der Waals surface area (Å²) in [6.07, 6.45) is 1.19. The third-order valence-electron chi connectivity index (χ3n) is 1.69. The van der Waals surface area contributed by atoms with Crippen molar-refractivity contribution in [2.24, 2.45) is 0 Å². The quantitative estimate of drug-likeness (QED) is 0.728. The van der Waals surface area contributed by atoms with E-state index in [0.717, 1.165) is 0 Å². The van der Waals surface area contributed by atoms with Crippen molar-refractivity contribution in [3.63, 3.8) is 0 Å². The van der Waals surface area contributed by atoms with Crippen molar-refractivity contribution in [3.8, 4) is 5.88 Å². The molecule has 0 aliphatic rings. The molecule has 3 heteroatoms. The first-order chi connectivity index (χ1) is 6.65. The maximum Gasteiger partial charge on any atom is 0.213 e. The number of hydrogen-bond donors (Lipinski definition) is 0. The zero-order valence-electron chi connectivity index (χ0n) is 9.47. The Morgan fingerprint density at radius 1 is 1.36 bits per heavy atom. The molecule has 0 spiro atoms. The number of methoxy groups -OCH3 is 1. The van der Waals surface area contributed by atoms with Crippen molar-refractivity contribution in [2.45, 2.75) is 33.6 Å². The molecule has 1 aromatic rings. The lowest BCUT2D eigenvalue weighted by Gasteiger charge is -2.07.